The maximum Gasteiger partial charge on any atom is 0.266 e. The Balaban J connectivity index is 1.20. The molecule has 1 aliphatic carbocycles. The third kappa shape index (κ3) is 6.05. The largest absolute Gasteiger partial charge is 0.473 e. The van der Waals surface area contributed by atoms with Gasteiger partial charge in [0.2, 0.25) is 5.88 Å². The van der Waals surface area contributed by atoms with Crippen LogP contribution in [0.25, 0.3) is 22.2 Å². The van der Waals surface area contributed by atoms with Crippen LogP contribution in [0.3, 0.4) is 0 Å². The number of aromatic nitrogens is 5. The second kappa shape index (κ2) is 12.2. The van der Waals surface area contributed by atoms with Gasteiger partial charge in [0.25, 0.3) is 5.56 Å². The van der Waals surface area contributed by atoms with Gasteiger partial charge in [0, 0.05) is 74.6 Å². The van der Waals surface area contributed by atoms with Crippen LogP contribution in [0.2, 0.25) is 0 Å². The first-order chi connectivity index (χ1) is 20.4. The van der Waals surface area contributed by atoms with Gasteiger partial charge in [-0.2, -0.15) is 5.10 Å². The molecule has 1 aromatic carbocycles. The molecule has 42 heavy (non-hydrogen) atoms. The number of pyridine rings is 1. The number of ether oxygens (including phenoxy) is 1. The zero-order valence-electron chi connectivity index (χ0n) is 25.2. The molecule has 0 bridgehead atoms. The summed E-state index contributed by atoms with van der Waals surface area (Å²) in [4.78, 5) is 21.3. The minimum Gasteiger partial charge on any atom is -0.473 e. The molecular formula is C32H42N8O2. The van der Waals surface area contributed by atoms with Crippen LogP contribution in [0.5, 0.6) is 5.88 Å². The summed E-state index contributed by atoms with van der Waals surface area (Å²) >= 11 is 0. The van der Waals surface area contributed by atoms with Crippen LogP contribution in [-0.4, -0.2) is 80.2 Å². The summed E-state index contributed by atoms with van der Waals surface area (Å²) in [6.07, 6.45) is 6.97. The van der Waals surface area contributed by atoms with Crippen molar-refractivity contribution >= 4 is 16.7 Å². The number of anilines is 1. The molecule has 0 radical (unpaired) electrons. The molecule has 10 heteroatoms. The molecule has 3 aromatic heterocycles. The fourth-order valence-corrected chi connectivity index (χ4v) is 6.33. The van der Waals surface area contributed by atoms with Gasteiger partial charge in [-0.3, -0.25) is 14.4 Å². The second-order valence-corrected chi connectivity index (χ2v) is 11.9. The Bertz CT molecular complexity index is 1570. The van der Waals surface area contributed by atoms with Crippen molar-refractivity contribution in [1.29, 1.82) is 0 Å². The summed E-state index contributed by atoms with van der Waals surface area (Å²) in [5, 5.41) is 13.9. The Morgan fingerprint density at radius 1 is 1.02 bits per heavy atom. The van der Waals surface area contributed by atoms with E-state index < -0.39 is 0 Å². The lowest BCUT2D eigenvalue weighted by atomic mass is 9.93. The molecule has 6 rings (SSSR count). The molecule has 10 nitrogen and oxygen atoms in total. The van der Waals surface area contributed by atoms with E-state index in [0.717, 1.165) is 79.8 Å². The van der Waals surface area contributed by atoms with E-state index in [4.69, 9.17) is 14.8 Å². The molecule has 4 aromatic rings. The minimum absolute atomic E-state index is 0.0719. The Morgan fingerprint density at radius 2 is 1.81 bits per heavy atom. The molecule has 2 fully saturated rings. The molecule has 1 N–H and O–H groups in total. The van der Waals surface area contributed by atoms with Crippen LogP contribution in [0.15, 0.2) is 53.5 Å². The highest BCUT2D eigenvalue weighted by atomic mass is 16.5. The fraction of sp³-hybridized carbons (Fsp3) is 0.500. The third-order valence-electron chi connectivity index (χ3n) is 8.77. The SMILES string of the molecule is CCNc1cc2c(cn1)c(-c1ccc(CN3CC[C@@H](N(C)C)C3)cc1)nn2[C@H]1CC[C@@H](Oc2ccc(=O)n(C)n2)CC1. The highest BCUT2D eigenvalue weighted by molar-refractivity contribution is 5.94. The zero-order valence-corrected chi connectivity index (χ0v) is 25.2. The van der Waals surface area contributed by atoms with Gasteiger partial charge in [-0.05, 0) is 58.7 Å². The summed E-state index contributed by atoms with van der Waals surface area (Å²) in [6.45, 7) is 6.15. The third-order valence-corrected chi connectivity index (χ3v) is 8.77. The summed E-state index contributed by atoms with van der Waals surface area (Å²) in [5.74, 6) is 1.37. The monoisotopic (exact) mass is 570 g/mol. The molecule has 4 heterocycles. The van der Waals surface area contributed by atoms with E-state index >= 15 is 0 Å². The van der Waals surface area contributed by atoms with Crippen LogP contribution in [0.4, 0.5) is 5.82 Å². The van der Waals surface area contributed by atoms with Crippen LogP contribution < -0.4 is 15.6 Å². The molecule has 1 atom stereocenters. The smallest absolute Gasteiger partial charge is 0.266 e. The topological polar surface area (TPSA) is 93.3 Å². The average Bonchev–Trinajstić information content (AvgIpc) is 3.61. The molecule has 0 spiro atoms. The normalized spacial score (nSPS) is 21.3. The Labute approximate surface area is 247 Å². The van der Waals surface area contributed by atoms with E-state index in [1.807, 2.05) is 6.20 Å². The van der Waals surface area contributed by atoms with Gasteiger partial charge in [0.05, 0.1) is 11.6 Å². The number of likely N-dealkylation sites (tertiary alicyclic amines) is 1. The Morgan fingerprint density at radius 3 is 2.50 bits per heavy atom. The molecule has 222 valence electrons. The highest BCUT2D eigenvalue weighted by Crippen LogP contribution is 2.36. The van der Waals surface area contributed by atoms with Crippen LogP contribution >= 0.6 is 0 Å². The number of nitrogens with zero attached hydrogens (tertiary/aromatic N) is 7. The molecule has 2 aliphatic rings. The molecule has 1 saturated heterocycles. The predicted octanol–water partition coefficient (Wildman–Crippen LogP) is 4.32. The van der Waals surface area contributed by atoms with Crippen molar-refractivity contribution < 1.29 is 4.74 Å². The van der Waals surface area contributed by atoms with E-state index in [2.05, 4.69) is 76.2 Å². The Hall–Kier alpha value is -3.76. The molecule has 1 saturated carbocycles. The average molecular weight is 571 g/mol. The molecular weight excluding hydrogens is 528 g/mol. The fourth-order valence-electron chi connectivity index (χ4n) is 6.33. The van der Waals surface area contributed by atoms with E-state index in [1.54, 1.807) is 13.1 Å². The van der Waals surface area contributed by atoms with E-state index in [-0.39, 0.29) is 17.7 Å². The van der Waals surface area contributed by atoms with Crippen LogP contribution in [-0.2, 0) is 13.6 Å². The van der Waals surface area contributed by atoms with Crippen molar-refractivity contribution in [3.63, 3.8) is 0 Å². The van der Waals surface area contributed by atoms with Crippen molar-refractivity contribution in [3.05, 3.63) is 64.6 Å². The van der Waals surface area contributed by atoms with Crippen molar-refractivity contribution in [3.8, 4) is 17.1 Å². The first-order valence-corrected chi connectivity index (χ1v) is 15.2. The quantitative estimate of drug-likeness (QED) is 0.318. The van der Waals surface area contributed by atoms with Crippen LogP contribution in [0.1, 0.15) is 50.6 Å². The number of aryl methyl sites for hydroxylation is 1. The van der Waals surface area contributed by atoms with Crippen molar-refractivity contribution in [1.82, 2.24) is 34.3 Å². The van der Waals surface area contributed by atoms with Gasteiger partial charge in [-0.25, -0.2) is 9.67 Å². The van der Waals surface area contributed by atoms with E-state index in [9.17, 15) is 4.79 Å². The number of hydrogen-bond acceptors (Lipinski definition) is 8. The van der Waals surface area contributed by atoms with Crippen LogP contribution in [0, 0.1) is 0 Å². The number of rotatable bonds is 9. The van der Waals surface area contributed by atoms with Gasteiger partial charge in [-0.1, -0.05) is 24.3 Å². The van der Waals surface area contributed by atoms with Gasteiger partial charge in [0.15, 0.2) is 0 Å². The summed E-state index contributed by atoms with van der Waals surface area (Å²) in [7, 11) is 6.00. The van der Waals surface area contributed by atoms with Crippen molar-refractivity contribution in [2.75, 3.05) is 39.0 Å². The lowest BCUT2D eigenvalue weighted by molar-refractivity contribution is 0.123. The lowest BCUT2D eigenvalue weighted by Crippen LogP contribution is -2.31. The van der Waals surface area contributed by atoms with Gasteiger partial charge in [0.1, 0.15) is 17.6 Å². The Kier molecular flexibility index (Phi) is 8.26. The highest BCUT2D eigenvalue weighted by Gasteiger charge is 2.28. The van der Waals surface area contributed by atoms with E-state index in [1.165, 1.54) is 22.7 Å². The first-order valence-electron chi connectivity index (χ1n) is 15.2. The standard InChI is InChI=1S/C32H42N8O2/c1-5-33-29-18-28-27(19-34-29)32(23-8-6-22(7-9-23)20-39-17-16-25(21-39)37(2)3)36-40(28)24-10-12-26(13-11-24)42-30-14-15-31(41)38(4)35-30/h6-9,14-15,18-19,24-26H,5,10-13,16-17,20-21H2,1-4H3,(H,33,34)/t24-,25-,26+/m1/s1. The first kappa shape index (κ1) is 28.4. The lowest BCUT2D eigenvalue weighted by Gasteiger charge is -2.29. The van der Waals surface area contributed by atoms with E-state index in [0.29, 0.717) is 11.9 Å². The number of nitrogens with one attached hydrogen (secondary N) is 1. The predicted molar refractivity (Wildman–Crippen MR) is 166 cm³/mol. The molecule has 1 aliphatic heterocycles. The summed E-state index contributed by atoms with van der Waals surface area (Å²) in [5.41, 5.74) is 4.40. The summed E-state index contributed by atoms with van der Waals surface area (Å²) in [6, 6.07) is 15.1. The maximum atomic E-state index is 11.7. The second-order valence-electron chi connectivity index (χ2n) is 11.9. The molecule has 0 amide bonds. The summed E-state index contributed by atoms with van der Waals surface area (Å²) < 4.78 is 9.67. The number of hydrogen-bond donors (Lipinski definition) is 1. The van der Waals surface area contributed by atoms with Gasteiger partial charge >= 0.3 is 0 Å². The number of benzene rings is 1. The van der Waals surface area contributed by atoms with Crippen molar-refractivity contribution in [2.24, 2.45) is 7.05 Å². The zero-order chi connectivity index (χ0) is 29.2. The van der Waals surface area contributed by atoms with Crippen molar-refractivity contribution in [2.45, 2.75) is 63.8 Å². The minimum atomic E-state index is -0.141. The van der Waals surface area contributed by atoms with Gasteiger partial charge in [-0.15, -0.1) is 5.10 Å². The maximum absolute atomic E-state index is 11.7. The van der Waals surface area contributed by atoms with Gasteiger partial charge < -0.3 is 15.0 Å². The number of fused-ring (bicyclic) bond motifs is 1. The number of likely N-dealkylation sites (N-methyl/N-ethyl adjacent to an activating group) is 1. The molecule has 0 unspecified atom stereocenters.